The van der Waals surface area contributed by atoms with Crippen molar-refractivity contribution in [3.05, 3.63) is 102 Å². The Morgan fingerprint density at radius 2 is 1.74 bits per heavy atom. The van der Waals surface area contributed by atoms with E-state index in [0.717, 1.165) is 16.7 Å². The normalized spacial score (nSPS) is 13.2. The third-order valence-corrected chi connectivity index (χ3v) is 6.07. The van der Waals surface area contributed by atoms with Gasteiger partial charge < -0.3 is 16.1 Å². The highest BCUT2D eigenvalue weighted by Crippen LogP contribution is 2.24. The van der Waals surface area contributed by atoms with Crippen LogP contribution in [0.25, 0.3) is 11.1 Å². The molecule has 1 aliphatic heterocycles. The largest absolute Gasteiger partial charge is 0.346 e. The lowest BCUT2D eigenvalue weighted by Gasteiger charge is -2.26. The van der Waals surface area contributed by atoms with Crippen LogP contribution in [0.2, 0.25) is 0 Å². The number of hydrogen-bond acceptors (Lipinski definition) is 7. The van der Waals surface area contributed by atoms with E-state index in [-0.39, 0.29) is 30.8 Å². The van der Waals surface area contributed by atoms with E-state index in [1.165, 1.54) is 31.2 Å². The Morgan fingerprint density at radius 1 is 1.00 bits per heavy atom. The standard InChI is InChI=1S/C28H29FN6O4/c1-18(36)31-24-4-2-3-22(14-24)20-7-5-19(6-8-20)13-26(15-27(37)33-39)35-17-25(32-34-35)16-30-28(38)21-9-11-23(29)12-10-21/h2-12,14,17,26,32,34,39H,13,15-16H2,1H3,(H,30,38)(H,31,36)(H,33,37)/t26-/m1/s1. The number of rotatable bonds is 10. The highest BCUT2D eigenvalue weighted by molar-refractivity contribution is 5.94. The summed E-state index contributed by atoms with van der Waals surface area (Å²) in [4.78, 5) is 35.7. The first-order valence-corrected chi connectivity index (χ1v) is 12.2. The minimum absolute atomic E-state index is 0.00257. The van der Waals surface area contributed by atoms with Crippen molar-refractivity contribution in [2.75, 3.05) is 11.9 Å². The fourth-order valence-corrected chi connectivity index (χ4v) is 4.15. The van der Waals surface area contributed by atoms with Crippen molar-refractivity contribution in [3.8, 4) is 11.1 Å². The molecule has 0 fully saturated rings. The Bertz CT molecular complexity index is 1360. The lowest BCUT2D eigenvalue weighted by atomic mass is 9.98. The summed E-state index contributed by atoms with van der Waals surface area (Å²) in [6.07, 6.45) is 2.21. The van der Waals surface area contributed by atoms with E-state index in [1.807, 2.05) is 48.5 Å². The van der Waals surface area contributed by atoms with Crippen molar-refractivity contribution >= 4 is 23.4 Å². The zero-order chi connectivity index (χ0) is 27.8. The van der Waals surface area contributed by atoms with E-state index in [1.54, 1.807) is 16.7 Å². The molecule has 3 aromatic rings. The second-order valence-electron chi connectivity index (χ2n) is 9.04. The summed E-state index contributed by atoms with van der Waals surface area (Å²) < 4.78 is 13.1. The number of amides is 3. The highest BCUT2D eigenvalue weighted by Gasteiger charge is 2.24. The maximum absolute atomic E-state index is 13.1. The van der Waals surface area contributed by atoms with Gasteiger partial charge in [0, 0.05) is 24.4 Å². The molecule has 0 radical (unpaired) electrons. The van der Waals surface area contributed by atoms with Crippen molar-refractivity contribution in [3.63, 3.8) is 0 Å². The lowest BCUT2D eigenvalue weighted by Crippen LogP contribution is -2.46. The van der Waals surface area contributed by atoms with Crippen molar-refractivity contribution in [2.24, 2.45) is 0 Å². The van der Waals surface area contributed by atoms with Crippen LogP contribution in [-0.2, 0) is 16.0 Å². The monoisotopic (exact) mass is 532 g/mol. The predicted molar refractivity (Wildman–Crippen MR) is 143 cm³/mol. The van der Waals surface area contributed by atoms with Crippen molar-refractivity contribution in [1.82, 2.24) is 26.8 Å². The van der Waals surface area contributed by atoms with Crippen LogP contribution in [0.5, 0.6) is 0 Å². The first-order chi connectivity index (χ1) is 18.8. The Kier molecular flexibility index (Phi) is 8.87. The number of carbonyl (C=O) groups excluding carboxylic acids is 3. The van der Waals surface area contributed by atoms with Gasteiger partial charge in [-0.2, -0.15) is 0 Å². The zero-order valence-corrected chi connectivity index (χ0v) is 21.2. The van der Waals surface area contributed by atoms with Crippen LogP contribution in [0.1, 0.15) is 29.3 Å². The molecule has 0 saturated heterocycles. The van der Waals surface area contributed by atoms with Crippen LogP contribution in [-0.4, -0.2) is 40.5 Å². The molecule has 0 saturated carbocycles. The summed E-state index contributed by atoms with van der Waals surface area (Å²) in [6.45, 7) is 1.63. The van der Waals surface area contributed by atoms with Crippen molar-refractivity contribution in [2.45, 2.75) is 25.8 Å². The van der Waals surface area contributed by atoms with Gasteiger partial charge in [-0.05, 0) is 59.5 Å². The summed E-state index contributed by atoms with van der Waals surface area (Å²) in [6, 6.07) is 20.3. The van der Waals surface area contributed by atoms with Gasteiger partial charge in [-0.1, -0.05) is 36.4 Å². The maximum Gasteiger partial charge on any atom is 0.251 e. The molecule has 3 aromatic carbocycles. The molecule has 0 unspecified atom stereocenters. The Balaban J connectivity index is 1.41. The number of anilines is 1. The molecular formula is C28H29FN6O4. The van der Waals surface area contributed by atoms with Crippen molar-refractivity contribution < 1.29 is 24.0 Å². The molecule has 1 aliphatic rings. The van der Waals surface area contributed by atoms with E-state index in [9.17, 15) is 18.8 Å². The Hall–Kier alpha value is -4.74. The molecule has 1 atom stereocenters. The third-order valence-electron chi connectivity index (χ3n) is 6.07. The third kappa shape index (κ3) is 7.63. The van der Waals surface area contributed by atoms with Gasteiger partial charge in [-0.25, -0.2) is 9.87 Å². The summed E-state index contributed by atoms with van der Waals surface area (Å²) in [5.74, 6) is -1.46. The molecule has 1 heterocycles. The number of hydrazine groups is 2. The predicted octanol–water partition coefficient (Wildman–Crippen LogP) is 2.85. The van der Waals surface area contributed by atoms with Gasteiger partial charge in [-0.3, -0.25) is 24.6 Å². The van der Waals surface area contributed by atoms with E-state index in [4.69, 9.17) is 5.21 Å². The van der Waals surface area contributed by atoms with E-state index < -0.39 is 11.7 Å². The van der Waals surface area contributed by atoms with Crippen LogP contribution >= 0.6 is 0 Å². The number of carbonyl (C=O) groups is 3. The first-order valence-electron chi connectivity index (χ1n) is 12.2. The highest BCUT2D eigenvalue weighted by atomic mass is 19.1. The Labute approximate surface area is 224 Å². The number of benzene rings is 3. The fourth-order valence-electron chi connectivity index (χ4n) is 4.15. The van der Waals surface area contributed by atoms with Gasteiger partial charge >= 0.3 is 0 Å². The van der Waals surface area contributed by atoms with Crippen LogP contribution < -0.4 is 27.1 Å². The fraction of sp³-hybridized carbons (Fsp3) is 0.179. The molecule has 202 valence electrons. The summed E-state index contributed by atoms with van der Waals surface area (Å²) in [7, 11) is 0. The van der Waals surface area contributed by atoms with E-state index in [0.29, 0.717) is 23.4 Å². The number of nitrogens with zero attached hydrogens (tertiary/aromatic N) is 1. The molecule has 10 nitrogen and oxygen atoms in total. The van der Waals surface area contributed by atoms with Gasteiger partial charge in [0.1, 0.15) is 5.82 Å². The molecule has 0 aromatic heterocycles. The number of hydroxylamine groups is 1. The second-order valence-corrected chi connectivity index (χ2v) is 9.04. The minimum atomic E-state index is -0.542. The topological polar surface area (TPSA) is 135 Å². The van der Waals surface area contributed by atoms with Crippen LogP contribution in [0.3, 0.4) is 0 Å². The SMILES string of the molecule is CC(=O)Nc1cccc(-c2ccc(C[C@H](CC(=O)NO)N3C=C(CNC(=O)c4ccc(F)cc4)NN3)cc2)c1. The quantitative estimate of drug-likeness (QED) is 0.175. The first kappa shape index (κ1) is 27.3. The second kappa shape index (κ2) is 12.7. The average molecular weight is 533 g/mol. The van der Waals surface area contributed by atoms with Gasteiger partial charge in [0.05, 0.1) is 24.7 Å². The summed E-state index contributed by atoms with van der Waals surface area (Å²) in [5, 5.41) is 16.3. The van der Waals surface area contributed by atoms with Crippen molar-refractivity contribution in [1.29, 1.82) is 0 Å². The number of hydrogen-bond donors (Lipinski definition) is 6. The maximum atomic E-state index is 13.1. The van der Waals surface area contributed by atoms with Crippen LogP contribution in [0.15, 0.2) is 84.7 Å². The van der Waals surface area contributed by atoms with Gasteiger partial charge in [0.2, 0.25) is 11.8 Å². The Morgan fingerprint density at radius 3 is 2.44 bits per heavy atom. The molecule has 39 heavy (non-hydrogen) atoms. The lowest BCUT2D eigenvalue weighted by molar-refractivity contribution is -0.130. The molecular weight excluding hydrogens is 503 g/mol. The van der Waals surface area contributed by atoms with E-state index >= 15 is 0 Å². The smallest absolute Gasteiger partial charge is 0.251 e. The average Bonchev–Trinajstić information content (AvgIpc) is 3.41. The van der Waals surface area contributed by atoms with E-state index in [2.05, 4.69) is 21.6 Å². The van der Waals surface area contributed by atoms with Gasteiger partial charge in [0.25, 0.3) is 5.91 Å². The molecule has 0 aliphatic carbocycles. The van der Waals surface area contributed by atoms with Crippen LogP contribution in [0, 0.1) is 5.82 Å². The molecule has 6 N–H and O–H groups in total. The number of halogens is 1. The molecule has 3 amide bonds. The minimum Gasteiger partial charge on any atom is -0.346 e. The van der Waals surface area contributed by atoms with Gasteiger partial charge in [0.15, 0.2) is 0 Å². The van der Waals surface area contributed by atoms with Crippen LogP contribution in [0.4, 0.5) is 10.1 Å². The zero-order valence-electron chi connectivity index (χ0n) is 21.2. The molecule has 0 spiro atoms. The summed E-state index contributed by atoms with van der Waals surface area (Å²) >= 11 is 0. The summed E-state index contributed by atoms with van der Waals surface area (Å²) in [5.41, 5.74) is 12.2. The molecule has 11 heteroatoms. The molecule has 0 bridgehead atoms. The molecule has 4 rings (SSSR count). The van der Waals surface area contributed by atoms with Gasteiger partial charge in [-0.15, -0.1) is 5.53 Å². The number of nitrogens with one attached hydrogen (secondary N) is 5.